The monoisotopic (exact) mass is 209 g/mol. The average Bonchev–Trinajstić information content (AvgIpc) is 2.21. The summed E-state index contributed by atoms with van der Waals surface area (Å²) in [5, 5.41) is 3.32. The Morgan fingerprint density at radius 1 is 1.36 bits per heavy atom. The Bertz CT molecular complexity index is 301. The van der Waals surface area contributed by atoms with Crippen molar-refractivity contribution in [3.8, 4) is 0 Å². The highest BCUT2D eigenvalue weighted by Crippen LogP contribution is 2.02. The minimum absolute atomic E-state index is 0.845. The van der Waals surface area contributed by atoms with E-state index in [1.807, 2.05) is 6.92 Å². The number of halogens is 1. The van der Waals surface area contributed by atoms with Crippen molar-refractivity contribution < 1.29 is 0 Å². The van der Waals surface area contributed by atoms with Gasteiger partial charge in [0.05, 0.1) is 0 Å². The molecule has 0 amide bonds. The minimum Gasteiger partial charge on any atom is -0.309 e. The summed E-state index contributed by atoms with van der Waals surface area (Å²) in [6.45, 7) is 5.84. The summed E-state index contributed by atoms with van der Waals surface area (Å²) in [6.07, 6.45) is 0. The Morgan fingerprint density at radius 2 is 2.00 bits per heavy atom. The van der Waals surface area contributed by atoms with Crippen molar-refractivity contribution in [2.24, 2.45) is 0 Å². The zero-order valence-corrected chi connectivity index (χ0v) is 9.43. The van der Waals surface area contributed by atoms with Gasteiger partial charge < -0.3 is 5.32 Å². The van der Waals surface area contributed by atoms with Gasteiger partial charge in [0.25, 0.3) is 0 Å². The zero-order valence-electron chi connectivity index (χ0n) is 8.68. The predicted octanol–water partition coefficient (Wildman–Crippen LogP) is 3.23. The van der Waals surface area contributed by atoms with E-state index in [2.05, 4.69) is 36.5 Å². The molecule has 0 spiro atoms. The van der Waals surface area contributed by atoms with E-state index in [0.29, 0.717) is 0 Å². The summed E-state index contributed by atoms with van der Waals surface area (Å²) in [5.41, 5.74) is 5.37. The van der Waals surface area contributed by atoms with Gasteiger partial charge in [-0.3, -0.25) is 0 Å². The maximum Gasteiger partial charge on any atom is 0.0208 e. The van der Waals surface area contributed by atoms with Gasteiger partial charge in [0, 0.05) is 18.6 Å². The minimum atomic E-state index is 0.845. The van der Waals surface area contributed by atoms with Crippen LogP contribution in [-0.4, -0.2) is 6.54 Å². The molecule has 76 valence electrons. The summed E-state index contributed by atoms with van der Waals surface area (Å²) < 4.78 is 0. The fraction of sp³-hybridized carbons (Fsp3) is 0.333. The van der Waals surface area contributed by atoms with Crippen molar-refractivity contribution in [1.29, 1.82) is 0 Å². The second kappa shape index (κ2) is 5.84. The molecule has 0 saturated heterocycles. The number of benzene rings is 1. The first-order valence-corrected chi connectivity index (χ1v) is 5.18. The third kappa shape index (κ3) is 3.95. The molecule has 1 aromatic carbocycles. The molecule has 0 unspecified atom stereocenters. The highest BCUT2D eigenvalue weighted by molar-refractivity contribution is 6.25. The molecular weight excluding hydrogens is 194 g/mol. The second-order valence-electron chi connectivity index (χ2n) is 3.54. The van der Waals surface area contributed by atoms with Gasteiger partial charge in [-0.15, -0.1) is 0 Å². The molecule has 1 N–H and O–H groups in total. The number of rotatable bonds is 4. The zero-order chi connectivity index (χ0) is 10.4. The largest absolute Gasteiger partial charge is 0.309 e. The average molecular weight is 210 g/mol. The van der Waals surface area contributed by atoms with Crippen LogP contribution >= 0.6 is 11.6 Å². The number of hydrogen-bond donors (Lipinski definition) is 1. The summed E-state index contributed by atoms with van der Waals surface area (Å²) in [5.74, 6) is 0. The normalized spacial score (nSPS) is 11.8. The fourth-order valence-electron chi connectivity index (χ4n) is 1.15. The quantitative estimate of drug-likeness (QED) is 0.803. The summed E-state index contributed by atoms with van der Waals surface area (Å²) in [6, 6.07) is 8.53. The van der Waals surface area contributed by atoms with Crippen molar-refractivity contribution >= 4 is 11.6 Å². The van der Waals surface area contributed by atoms with Crippen LogP contribution in [-0.2, 0) is 6.54 Å². The molecule has 0 radical (unpaired) electrons. The van der Waals surface area contributed by atoms with E-state index in [4.69, 9.17) is 11.6 Å². The van der Waals surface area contributed by atoms with E-state index in [9.17, 15) is 0 Å². The van der Waals surface area contributed by atoms with Crippen LogP contribution in [0.1, 0.15) is 18.1 Å². The van der Waals surface area contributed by atoms with E-state index in [-0.39, 0.29) is 0 Å². The van der Waals surface area contributed by atoms with Gasteiger partial charge in [-0.05, 0) is 25.0 Å². The Hall–Kier alpha value is -0.790. The Balaban J connectivity index is 2.35. The highest BCUT2D eigenvalue weighted by atomic mass is 35.5. The van der Waals surface area contributed by atoms with Crippen LogP contribution in [0.15, 0.2) is 35.4 Å². The number of hydrogen-bond acceptors (Lipinski definition) is 1. The Morgan fingerprint density at radius 3 is 2.57 bits per heavy atom. The lowest BCUT2D eigenvalue weighted by Gasteiger charge is -2.04. The summed E-state index contributed by atoms with van der Waals surface area (Å²) in [7, 11) is 0. The molecule has 0 heterocycles. The van der Waals surface area contributed by atoms with E-state index >= 15 is 0 Å². The van der Waals surface area contributed by atoms with Crippen LogP contribution in [0.25, 0.3) is 0 Å². The number of aryl methyl sites for hydroxylation is 1. The summed E-state index contributed by atoms with van der Waals surface area (Å²) >= 11 is 5.55. The molecule has 0 aliphatic rings. The van der Waals surface area contributed by atoms with Gasteiger partial charge in [0.1, 0.15) is 0 Å². The molecule has 0 atom stereocenters. The highest BCUT2D eigenvalue weighted by Gasteiger charge is 1.92. The molecule has 0 saturated carbocycles. The van der Waals surface area contributed by atoms with Crippen molar-refractivity contribution in [3.05, 3.63) is 46.5 Å². The van der Waals surface area contributed by atoms with E-state index < -0.39 is 0 Å². The molecule has 0 aliphatic carbocycles. The lowest BCUT2D eigenvalue weighted by Crippen LogP contribution is -2.15. The molecule has 0 fully saturated rings. The van der Waals surface area contributed by atoms with Gasteiger partial charge in [0.15, 0.2) is 0 Å². The molecule has 0 bridgehead atoms. The van der Waals surface area contributed by atoms with E-state index in [0.717, 1.165) is 18.7 Å². The van der Waals surface area contributed by atoms with Gasteiger partial charge in [-0.25, -0.2) is 0 Å². The van der Waals surface area contributed by atoms with Crippen LogP contribution in [0, 0.1) is 6.92 Å². The molecule has 0 aliphatic heterocycles. The smallest absolute Gasteiger partial charge is 0.0208 e. The predicted molar refractivity (Wildman–Crippen MR) is 62.5 cm³/mol. The molecule has 0 aromatic heterocycles. The van der Waals surface area contributed by atoms with Gasteiger partial charge in [-0.1, -0.05) is 41.4 Å². The fourth-order valence-corrected chi connectivity index (χ4v) is 1.23. The van der Waals surface area contributed by atoms with Crippen molar-refractivity contribution in [1.82, 2.24) is 5.32 Å². The molecule has 1 nitrogen and oxygen atoms in total. The lowest BCUT2D eigenvalue weighted by molar-refractivity contribution is 0.740. The van der Waals surface area contributed by atoms with Crippen LogP contribution in [0.4, 0.5) is 0 Å². The van der Waals surface area contributed by atoms with Crippen molar-refractivity contribution in [3.63, 3.8) is 0 Å². The molecule has 1 aromatic rings. The third-order valence-electron chi connectivity index (χ3n) is 2.04. The first-order valence-electron chi connectivity index (χ1n) is 4.74. The standard InChI is InChI=1S/C12H16ClN/c1-10-3-5-12(6-4-10)9-14-8-11(2)7-13/h3-7,14H,8-9H2,1-2H3/b11-7-. The van der Waals surface area contributed by atoms with Gasteiger partial charge in [0.2, 0.25) is 0 Å². The Labute approximate surface area is 90.8 Å². The second-order valence-corrected chi connectivity index (χ2v) is 3.76. The first-order chi connectivity index (χ1) is 6.72. The molecule has 14 heavy (non-hydrogen) atoms. The Kier molecular flexibility index (Phi) is 4.71. The molecule has 2 heteroatoms. The van der Waals surface area contributed by atoms with Gasteiger partial charge >= 0.3 is 0 Å². The topological polar surface area (TPSA) is 12.0 Å². The van der Waals surface area contributed by atoms with Gasteiger partial charge in [-0.2, -0.15) is 0 Å². The molecule has 1 rings (SSSR count). The molecular formula is C12H16ClN. The van der Waals surface area contributed by atoms with Crippen LogP contribution in [0.3, 0.4) is 0 Å². The first kappa shape index (κ1) is 11.3. The van der Waals surface area contributed by atoms with Crippen molar-refractivity contribution in [2.75, 3.05) is 6.54 Å². The lowest BCUT2D eigenvalue weighted by atomic mass is 10.1. The maximum atomic E-state index is 5.55. The van der Waals surface area contributed by atoms with Crippen LogP contribution in [0.5, 0.6) is 0 Å². The van der Waals surface area contributed by atoms with E-state index in [1.165, 1.54) is 11.1 Å². The SMILES string of the molecule is C/C(=C/Cl)CNCc1ccc(C)cc1. The summed E-state index contributed by atoms with van der Waals surface area (Å²) in [4.78, 5) is 0. The number of nitrogens with one attached hydrogen (secondary N) is 1. The van der Waals surface area contributed by atoms with Crippen LogP contribution < -0.4 is 5.32 Å². The van der Waals surface area contributed by atoms with Crippen molar-refractivity contribution in [2.45, 2.75) is 20.4 Å². The third-order valence-corrected chi connectivity index (χ3v) is 2.41. The van der Waals surface area contributed by atoms with Crippen LogP contribution in [0.2, 0.25) is 0 Å². The maximum absolute atomic E-state index is 5.55. The van der Waals surface area contributed by atoms with E-state index in [1.54, 1.807) is 5.54 Å².